The standard InChI is InChI=1S/C19H16FNO2S2/c1-24-19-21-18(22)17(25-19)10-13-2-4-14(5-3-13)11-23-12-15-6-8-16(20)9-7-15/h2-10H,11-12H2,1H3/b17-10+. The summed E-state index contributed by atoms with van der Waals surface area (Å²) in [6.07, 6.45) is 3.76. The summed E-state index contributed by atoms with van der Waals surface area (Å²) in [6.45, 7) is 0.910. The molecule has 2 aromatic rings. The molecule has 0 N–H and O–H groups in total. The topological polar surface area (TPSA) is 38.7 Å². The van der Waals surface area contributed by atoms with Crippen molar-refractivity contribution in [2.24, 2.45) is 4.99 Å². The lowest BCUT2D eigenvalue weighted by Crippen LogP contribution is -1.94. The highest BCUT2D eigenvalue weighted by atomic mass is 32.2. The summed E-state index contributed by atoms with van der Waals surface area (Å²) in [5.74, 6) is -0.427. The Morgan fingerprint density at radius 3 is 2.24 bits per heavy atom. The lowest BCUT2D eigenvalue weighted by atomic mass is 10.1. The van der Waals surface area contributed by atoms with E-state index in [-0.39, 0.29) is 11.7 Å². The summed E-state index contributed by atoms with van der Waals surface area (Å²) in [6, 6.07) is 14.1. The maximum absolute atomic E-state index is 12.8. The molecule has 1 aliphatic heterocycles. The van der Waals surface area contributed by atoms with Crippen molar-refractivity contribution >= 4 is 39.9 Å². The fourth-order valence-corrected chi connectivity index (χ4v) is 3.63. The van der Waals surface area contributed by atoms with Crippen molar-refractivity contribution in [3.8, 4) is 0 Å². The van der Waals surface area contributed by atoms with Crippen molar-refractivity contribution in [2.75, 3.05) is 6.26 Å². The molecule has 1 aliphatic rings. The summed E-state index contributed by atoms with van der Waals surface area (Å²) in [7, 11) is 0. The molecule has 0 aliphatic carbocycles. The smallest absolute Gasteiger partial charge is 0.285 e. The third kappa shape index (κ3) is 5.04. The SMILES string of the molecule is CSC1=NC(=O)/C(=C\c2ccc(COCc3ccc(F)cc3)cc2)S1. The number of ether oxygens (including phenoxy) is 1. The molecule has 0 saturated heterocycles. The maximum atomic E-state index is 12.8. The molecule has 0 aromatic heterocycles. The monoisotopic (exact) mass is 373 g/mol. The molecule has 3 nitrogen and oxygen atoms in total. The molecule has 0 spiro atoms. The van der Waals surface area contributed by atoms with Gasteiger partial charge in [0.25, 0.3) is 5.91 Å². The molecule has 0 radical (unpaired) electrons. The molecule has 1 amide bonds. The molecule has 2 aromatic carbocycles. The second-order valence-electron chi connectivity index (χ2n) is 5.36. The number of thioether (sulfide) groups is 2. The van der Waals surface area contributed by atoms with E-state index in [1.165, 1.54) is 35.7 Å². The predicted octanol–water partition coefficient (Wildman–Crippen LogP) is 4.88. The number of benzene rings is 2. The molecule has 0 atom stereocenters. The Bertz CT molecular complexity index is 814. The largest absolute Gasteiger partial charge is 0.372 e. The number of hydrogen-bond donors (Lipinski definition) is 0. The van der Waals surface area contributed by atoms with Gasteiger partial charge >= 0.3 is 0 Å². The second kappa shape index (κ2) is 8.47. The van der Waals surface area contributed by atoms with E-state index in [0.717, 1.165) is 21.1 Å². The second-order valence-corrected chi connectivity index (χ2v) is 7.44. The molecule has 128 valence electrons. The van der Waals surface area contributed by atoms with Crippen LogP contribution in [0.1, 0.15) is 16.7 Å². The summed E-state index contributed by atoms with van der Waals surface area (Å²) in [4.78, 5) is 16.4. The van der Waals surface area contributed by atoms with Crippen LogP contribution in [0.3, 0.4) is 0 Å². The highest BCUT2D eigenvalue weighted by molar-refractivity contribution is 8.40. The van der Waals surface area contributed by atoms with Gasteiger partial charge in [0.1, 0.15) is 10.2 Å². The van der Waals surface area contributed by atoms with Crippen LogP contribution in [0.5, 0.6) is 0 Å². The van der Waals surface area contributed by atoms with Crippen LogP contribution in [0.2, 0.25) is 0 Å². The van der Waals surface area contributed by atoms with Crippen molar-refractivity contribution in [3.63, 3.8) is 0 Å². The summed E-state index contributed by atoms with van der Waals surface area (Å²) in [5.41, 5.74) is 2.93. The van der Waals surface area contributed by atoms with Gasteiger partial charge in [-0.2, -0.15) is 4.99 Å². The van der Waals surface area contributed by atoms with Crippen molar-refractivity contribution in [2.45, 2.75) is 13.2 Å². The minimum absolute atomic E-state index is 0.180. The Morgan fingerprint density at radius 2 is 1.68 bits per heavy atom. The normalized spacial score (nSPS) is 15.7. The number of hydrogen-bond acceptors (Lipinski definition) is 4. The maximum Gasteiger partial charge on any atom is 0.285 e. The number of amides is 1. The van der Waals surface area contributed by atoms with Gasteiger partial charge in [0.2, 0.25) is 0 Å². The van der Waals surface area contributed by atoms with Crippen LogP contribution in [-0.4, -0.2) is 16.5 Å². The van der Waals surface area contributed by atoms with E-state index in [4.69, 9.17) is 4.74 Å². The van der Waals surface area contributed by atoms with Crippen LogP contribution in [0.25, 0.3) is 6.08 Å². The third-order valence-electron chi connectivity index (χ3n) is 3.50. The van der Waals surface area contributed by atoms with E-state index in [9.17, 15) is 9.18 Å². The van der Waals surface area contributed by atoms with Gasteiger partial charge in [0, 0.05) is 0 Å². The first kappa shape index (κ1) is 17.9. The molecule has 0 unspecified atom stereocenters. The number of rotatable bonds is 5. The highest BCUT2D eigenvalue weighted by Crippen LogP contribution is 2.32. The zero-order valence-electron chi connectivity index (χ0n) is 13.6. The van der Waals surface area contributed by atoms with Gasteiger partial charge in [-0.15, -0.1) is 11.8 Å². The molecule has 0 saturated carbocycles. The van der Waals surface area contributed by atoms with Gasteiger partial charge < -0.3 is 4.74 Å². The Kier molecular flexibility index (Phi) is 6.07. The van der Waals surface area contributed by atoms with Crippen molar-refractivity contribution < 1.29 is 13.9 Å². The van der Waals surface area contributed by atoms with E-state index >= 15 is 0 Å². The van der Waals surface area contributed by atoms with Crippen LogP contribution in [-0.2, 0) is 22.7 Å². The van der Waals surface area contributed by atoms with Crippen LogP contribution in [0.4, 0.5) is 4.39 Å². The zero-order valence-corrected chi connectivity index (χ0v) is 15.2. The third-order valence-corrected chi connectivity index (χ3v) is 5.47. The average molecular weight is 373 g/mol. The fourth-order valence-electron chi connectivity index (χ4n) is 2.21. The van der Waals surface area contributed by atoms with Crippen LogP contribution in [0, 0.1) is 5.82 Å². The lowest BCUT2D eigenvalue weighted by molar-refractivity contribution is -0.113. The van der Waals surface area contributed by atoms with Gasteiger partial charge in [0.05, 0.1) is 18.1 Å². The molecule has 25 heavy (non-hydrogen) atoms. The Morgan fingerprint density at radius 1 is 1.08 bits per heavy atom. The van der Waals surface area contributed by atoms with Gasteiger partial charge in [-0.1, -0.05) is 48.2 Å². The van der Waals surface area contributed by atoms with E-state index in [1.807, 2.05) is 36.6 Å². The Hall–Kier alpha value is -1.89. The van der Waals surface area contributed by atoms with Crippen molar-refractivity contribution in [1.82, 2.24) is 0 Å². The minimum Gasteiger partial charge on any atom is -0.372 e. The first-order valence-electron chi connectivity index (χ1n) is 7.62. The van der Waals surface area contributed by atoms with Crippen LogP contribution >= 0.6 is 23.5 Å². The van der Waals surface area contributed by atoms with Crippen LogP contribution in [0.15, 0.2) is 58.4 Å². The van der Waals surface area contributed by atoms with Gasteiger partial charge in [0.15, 0.2) is 0 Å². The van der Waals surface area contributed by atoms with Crippen LogP contribution < -0.4 is 0 Å². The van der Waals surface area contributed by atoms with Gasteiger partial charge in [-0.05, 0) is 41.2 Å². The first-order chi connectivity index (χ1) is 12.1. The lowest BCUT2D eigenvalue weighted by Gasteiger charge is -2.05. The fraction of sp³-hybridized carbons (Fsp3) is 0.158. The van der Waals surface area contributed by atoms with Gasteiger partial charge in [-0.25, -0.2) is 4.39 Å². The average Bonchev–Trinajstić information content (AvgIpc) is 2.98. The number of aliphatic imine (C=N–C) groups is 1. The molecule has 0 fully saturated rings. The molecule has 6 heteroatoms. The Balaban J connectivity index is 1.54. The quantitative estimate of drug-likeness (QED) is 0.701. The van der Waals surface area contributed by atoms with E-state index in [0.29, 0.717) is 18.1 Å². The minimum atomic E-state index is -0.248. The summed E-state index contributed by atoms with van der Waals surface area (Å²) in [5, 5.41) is 0. The number of nitrogens with zero attached hydrogens (tertiary/aromatic N) is 1. The predicted molar refractivity (Wildman–Crippen MR) is 103 cm³/mol. The summed E-state index contributed by atoms with van der Waals surface area (Å²) >= 11 is 2.88. The summed E-state index contributed by atoms with van der Waals surface area (Å²) < 4.78 is 19.3. The van der Waals surface area contributed by atoms with Crippen molar-refractivity contribution in [1.29, 1.82) is 0 Å². The number of carbonyl (C=O) groups is 1. The first-order valence-corrected chi connectivity index (χ1v) is 9.66. The van der Waals surface area contributed by atoms with Crippen molar-refractivity contribution in [3.05, 3.63) is 75.9 Å². The van der Waals surface area contributed by atoms with Gasteiger partial charge in [-0.3, -0.25) is 4.79 Å². The molecule has 0 bridgehead atoms. The molecular formula is C19H16FNO2S2. The Labute approximate surface area is 154 Å². The molecule has 1 heterocycles. The number of halogens is 1. The zero-order chi connectivity index (χ0) is 17.6. The van der Waals surface area contributed by atoms with E-state index in [1.54, 1.807) is 12.1 Å². The van der Waals surface area contributed by atoms with E-state index < -0.39 is 0 Å². The molecule has 3 rings (SSSR count). The highest BCUT2D eigenvalue weighted by Gasteiger charge is 2.20. The van der Waals surface area contributed by atoms with E-state index in [2.05, 4.69) is 4.99 Å². The molecular weight excluding hydrogens is 357 g/mol. The number of carbonyl (C=O) groups excluding carboxylic acids is 1.